The number of rotatable bonds is 14. The molecule has 50 heavy (non-hydrogen) atoms. The second-order valence-corrected chi connectivity index (χ2v) is 13.5. The van der Waals surface area contributed by atoms with E-state index in [0.29, 0.717) is 43.9 Å². The molecule has 3 aromatic rings. The Labute approximate surface area is 294 Å². The van der Waals surface area contributed by atoms with E-state index in [1.165, 1.54) is 10.9 Å². The highest BCUT2D eigenvalue weighted by Crippen LogP contribution is 2.32. The first-order valence-corrected chi connectivity index (χ1v) is 16.7. The zero-order chi connectivity index (χ0) is 36.5. The molecule has 16 heteroatoms. The van der Waals surface area contributed by atoms with Crippen molar-refractivity contribution in [1.82, 2.24) is 24.6 Å². The number of fused-ring (bicyclic) bond motifs is 1. The Morgan fingerprint density at radius 1 is 1.14 bits per heavy atom. The van der Waals surface area contributed by atoms with Crippen LogP contribution in [0.2, 0.25) is 5.15 Å². The van der Waals surface area contributed by atoms with Crippen molar-refractivity contribution in [2.75, 3.05) is 58.4 Å². The lowest BCUT2D eigenvalue weighted by atomic mass is 9.89. The maximum atomic E-state index is 13.7. The number of piperidine rings is 1. The molecule has 3 heterocycles. The van der Waals surface area contributed by atoms with Gasteiger partial charge in [0.2, 0.25) is 0 Å². The molecule has 0 aliphatic carbocycles. The number of hydrogen-bond donors (Lipinski definition) is 3. The van der Waals surface area contributed by atoms with Crippen LogP contribution in [0.1, 0.15) is 49.7 Å². The van der Waals surface area contributed by atoms with Crippen molar-refractivity contribution < 1.29 is 42.1 Å². The van der Waals surface area contributed by atoms with Gasteiger partial charge >= 0.3 is 18.2 Å². The lowest BCUT2D eigenvalue weighted by Gasteiger charge is -2.38. The molecule has 0 bridgehead atoms. The Bertz CT molecular complexity index is 1680. The molecule has 1 aliphatic rings. The summed E-state index contributed by atoms with van der Waals surface area (Å²) >= 11 is 5.82. The second kappa shape index (κ2) is 17.3. The molecule has 1 fully saturated rings. The van der Waals surface area contributed by atoms with Gasteiger partial charge in [-0.15, -0.1) is 0 Å². The van der Waals surface area contributed by atoms with Crippen LogP contribution in [0.4, 0.5) is 23.7 Å². The first-order valence-electron chi connectivity index (χ1n) is 16.3. The third kappa shape index (κ3) is 11.8. The number of alkyl carbamates (subject to hydrolysis) is 1. The quantitative estimate of drug-likeness (QED) is 0.146. The molecule has 274 valence electrons. The molecule has 1 saturated heterocycles. The number of hydrogen-bond acceptors (Lipinski definition) is 8. The number of nitrogens with one attached hydrogen (secondary N) is 2. The number of halogens is 4. The maximum absolute atomic E-state index is 13.7. The van der Waals surface area contributed by atoms with E-state index in [9.17, 15) is 22.8 Å². The van der Waals surface area contributed by atoms with Crippen molar-refractivity contribution in [1.29, 1.82) is 0 Å². The van der Waals surface area contributed by atoms with Gasteiger partial charge in [0.05, 0.1) is 44.1 Å². The highest BCUT2D eigenvalue weighted by molar-refractivity contribution is 6.32. The average Bonchev–Trinajstić information content (AvgIpc) is 3.56. The van der Waals surface area contributed by atoms with E-state index in [2.05, 4.69) is 39.5 Å². The van der Waals surface area contributed by atoms with Crippen LogP contribution in [-0.4, -0.2) is 107 Å². The van der Waals surface area contributed by atoms with Gasteiger partial charge in [-0.1, -0.05) is 23.6 Å². The van der Waals surface area contributed by atoms with E-state index in [4.69, 9.17) is 30.9 Å². The molecule has 1 aromatic carbocycles. The molecule has 4 rings (SSSR count). The minimum absolute atomic E-state index is 0.0618. The van der Waals surface area contributed by atoms with Crippen molar-refractivity contribution in [3.8, 4) is 11.8 Å². The number of nitrogens with zero attached hydrogens (tertiary/aromatic N) is 4. The van der Waals surface area contributed by atoms with Crippen LogP contribution in [0.25, 0.3) is 10.9 Å². The van der Waals surface area contributed by atoms with Gasteiger partial charge in [-0.2, -0.15) is 18.3 Å². The first-order chi connectivity index (χ1) is 23.6. The number of likely N-dealkylation sites (tertiary alicyclic amines) is 1. The van der Waals surface area contributed by atoms with Gasteiger partial charge in [-0.3, -0.25) is 4.68 Å². The van der Waals surface area contributed by atoms with Crippen molar-refractivity contribution in [2.24, 2.45) is 5.92 Å². The number of alkyl halides is 3. The molecule has 3 N–H and O–H groups in total. The third-order valence-corrected chi connectivity index (χ3v) is 8.19. The van der Waals surface area contributed by atoms with Gasteiger partial charge in [-0.25, -0.2) is 9.59 Å². The zero-order valence-electron chi connectivity index (χ0n) is 28.6. The number of ether oxygens (including phenoxy) is 3. The van der Waals surface area contributed by atoms with Gasteiger partial charge in [0.15, 0.2) is 5.15 Å². The summed E-state index contributed by atoms with van der Waals surface area (Å²) in [6.45, 7) is 7.48. The van der Waals surface area contributed by atoms with Gasteiger partial charge in [0, 0.05) is 36.5 Å². The molecule has 0 saturated carbocycles. The Balaban J connectivity index is 1.35. The normalized spacial score (nSPS) is 17.0. The average molecular weight is 725 g/mol. The van der Waals surface area contributed by atoms with E-state index in [-0.39, 0.29) is 34.9 Å². The van der Waals surface area contributed by atoms with E-state index in [0.717, 1.165) is 36.2 Å². The predicted molar refractivity (Wildman–Crippen MR) is 183 cm³/mol. The minimum atomic E-state index is -4.47. The Kier molecular flexibility index (Phi) is 13.4. The monoisotopic (exact) mass is 724 g/mol. The molecule has 2 atom stereocenters. The van der Waals surface area contributed by atoms with Crippen LogP contribution < -0.4 is 10.6 Å². The smallest absolute Gasteiger partial charge is 0.408 e. The summed E-state index contributed by atoms with van der Waals surface area (Å²) in [5, 5.41) is 19.7. The van der Waals surface area contributed by atoms with Crippen molar-refractivity contribution in [3.63, 3.8) is 0 Å². The first kappa shape index (κ1) is 38.8. The Morgan fingerprint density at radius 2 is 1.88 bits per heavy atom. The lowest BCUT2D eigenvalue weighted by Crippen LogP contribution is -2.45. The van der Waals surface area contributed by atoms with Crippen LogP contribution in [0, 0.1) is 17.8 Å². The molecule has 12 nitrogen and oxygen atoms in total. The SMILES string of the molecule is CN1CCC(Nc2cccc3c2cc(C#CCNC(=O)OC(C)(C)C)n3CC(F)(F)F)C(CCOCCOCCn2cc(C(=O)O)c(Cl)n2)C1. The summed E-state index contributed by atoms with van der Waals surface area (Å²) in [4.78, 5) is 25.3. The van der Waals surface area contributed by atoms with E-state index in [1.807, 2.05) is 6.07 Å². The molecule has 1 aliphatic heterocycles. The summed E-state index contributed by atoms with van der Waals surface area (Å²) < 4.78 is 60.2. The molecule has 1 amide bonds. The number of carboxylic acid groups (broad SMARTS) is 1. The van der Waals surface area contributed by atoms with Gasteiger partial charge in [-0.05, 0) is 77.2 Å². The van der Waals surface area contributed by atoms with Crippen LogP contribution in [0.15, 0.2) is 30.5 Å². The number of anilines is 1. The second-order valence-electron chi connectivity index (χ2n) is 13.1. The maximum Gasteiger partial charge on any atom is 0.408 e. The topological polar surface area (TPSA) is 132 Å². The van der Waals surface area contributed by atoms with Crippen LogP contribution in [0.5, 0.6) is 0 Å². The van der Waals surface area contributed by atoms with Gasteiger partial charge < -0.3 is 39.4 Å². The third-order valence-electron chi connectivity index (χ3n) is 7.91. The van der Waals surface area contributed by atoms with Gasteiger partial charge in [0.25, 0.3) is 0 Å². The summed E-state index contributed by atoms with van der Waals surface area (Å²) in [5.41, 5.74) is 0.565. The predicted octanol–water partition coefficient (Wildman–Crippen LogP) is 5.48. The number of carbonyl (C=O) groups excluding carboxylic acids is 1. The largest absolute Gasteiger partial charge is 0.478 e. The van der Waals surface area contributed by atoms with E-state index < -0.39 is 30.4 Å². The Morgan fingerprint density at radius 3 is 2.56 bits per heavy atom. The van der Waals surface area contributed by atoms with Crippen molar-refractivity contribution in [3.05, 3.63) is 46.9 Å². The summed E-state index contributed by atoms with van der Waals surface area (Å²) in [6.07, 6.45) is -2.17. The number of carbonyl (C=O) groups is 2. The molecule has 0 spiro atoms. The molecular weight excluding hydrogens is 681 g/mol. The highest BCUT2D eigenvalue weighted by atomic mass is 35.5. The molecule has 2 aromatic heterocycles. The fourth-order valence-electron chi connectivity index (χ4n) is 5.70. The zero-order valence-corrected chi connectivity index (χ0v) is 29.4. The number of aromatic carboxylic acids is 1. The van der Waals surface area contributed by atoms with Crippen LogP contribution in [-0.2, 0) is 27.3 Å². The number of amides is 1. The van der Waals surface area contributed by atoms with Gasteiger partial charge in [0.1, 0.15) is 17.7 Å². The standard InChI is InChI=1S/C34H44ClF3N6O6/c1-33(2,3)50-32(47)39-12-6-7-24-19-25-28(8-5-9-29(25)44(24)22-34(36,37)38)40-27-10-13-42(4)20-23(27)11-15-48-17-18-49-16-14-43-21-26(31(45)46)30(35)41-43/h5,8-9,19,21,23,27,40H,10-18,20,22H2,1-4H3,(H,39,47)(H,45,46). The summed E-state index contributed by atoms with van der Waals surface area (Å²) in [5.74, 6) is 4.63. The van der Waals surface area contributed by atoms with Crippen LogP contribution >= 0.6 is 11.6 Å². The number of carboxylic acids is 1. The fourth-order valence-corrected chi connectivity index (χ4v) is 5.92. The number of benzene rings is 1. The van der Waals surface area contributed by atoms with Crippen molar-refractivity contribution in [2.45, 2.75) is 64.5 Å². The summed E-state index contributed by atoms with van der Waals surface area (Å²) in [6, 6.07) is 6.97. The molecule has 0 radical (unpaired) electrons. The lowest BCUT2D eigenvalue weighted by molar-refractivity contribution is -0.140. The molecular formula is C34H44ClF3N6O6. The van der Waals surface area contributed by atoms with Crippen molar-refractivity contribution >= 4 is 40.3 Å². The van der Waals surface area contributed by atoms with E-state index >= 15 is 0 Å². The highest BCUT2D eigenvalue weighted by Gasteiger charge is 2.31. The fraction of sp³-hybridized carbons (Fsp3) is 0.559. The minimum Gasteiger partial charge on any atom is -0.478 e. The molecule has 2 unspecified atom stereocenters. The Hall–Kier alpha value is -3.97. The van der Waals surface area contributed by atoms with E-state index in [1.54, 1.807) is 39.0 Å². The summed E-state index contributed by atoms with van der Waals surface area (Å²) in [7, 11) is 2.06. The number of aromatic nitrogens is 3. The van der Waals surface area contributed by atoms with Crippen LogP contribution in [0.3, 0.4) is 0 Å².